The van der Waals surface area contributed by atoms with Crippen LogP contribution >= 0.6 is 0 Å². The van der Waals surface area contributed by atoms with E-state index in [1.54, 1.807) is 30.3 Å². The van der Waals surface area contributed by atoms with Crippen LogP contribution in [0.3, 0.4) is 0 Å². The number of esters is 1. The predicted molar refractivity (Wildman–Crippen MR) is 116 cm³/mol. The van der Waals surface area contributed by atoms with E-state index in [9.17, 15) is 14.4 Å². The summed E-state index contributed by atoms with van der Waals surface area (Å²) in [5.74, 6) is -1.48. The molecule has 1 atom stereocenters. The van der Waals surface area contributed by atoms with Gasteiger partial charge in [-0.15, -0.1) is 0 Å². The molecule has 7 nitrogen and oxygen atoms in total. The summed E-state index contributed by atoms with van der Waals surface area (Å²) >= 11 is 0. The van der Waals surface area contributed by atoms with Gasteiger partial charge in [-0.2, -0.15) is 0 Å². The minimum atomic E-state index is -0.869. The number of ether oxygens (including phenoxy) is 1. The SMILES string of the molecule is Cc1cc(N2CCCC2)ccc1NC(=O)COC(=O)[C@H](C)NC(=O)c1ccccc1. The maximum atomic E-state index is 12.2. The average Bonchev–Trinajstić information content (AvgIpc) is 3.29. The van der Waals surface area contributed by atoms with Crippen LogP contribution in [0.2, 0.25) is 0 Å². The summed E-state index contributed by atoms with van der Waals surface area (Å²) in [5, 5.41) is 5.33. The van der Waals surface area contributed by atoms with Gasteiger partial charge in [-0.05, 0) is 62.6 Å². The van der Waals surface area contributed by atoms with Crippen molar-refractivity contribution >= 4 is 29.2 Å². The van der Waals surface area contributed by atoms with E-state index in [0.717, 1.165) is 24.3 Å². The number of amides is 2. The molecular weight excluding hydrogens is 382 g/mol. The number of hydrogen-bond acceptors (Lipinski definition) is 5. The lowest BCUT2D eigenvalue weighted by atomic mass is 10.1. The summed E-state index contributed by atoms with van der Waals surface area (Å²) in [7, 11) is 0. The van der Waals surface area contributed by atoms with Crippen LogP contribution in [0.15, 0.2) is 48.5 Å². The summed E-state index contributed by atoms with van der Waals surface area (Å²) in [6.07, 6.45) is 2.40. The van der Waals surface area contributed by atoms with Crippen LogP contribution in [0.5, 0.6) is 0 Å². The molecule has 0 unspecified atom stereocenters. The molecule has 0 saturated carbocycles. The molecule has 2 amide bonds. The van der Waals surface area contributed by atoms with Gasteiger partial charge in [0.2, 0.25) is 0 Å². The minimum absolute atomic E-state index is 0.377. The lowest BCUT2D eigenvalue weighted by Gasteiger charge is -2.19. The molecule has 3 rings (SSSR count). The minimum Gasteiger partial charge on any atom is -0.454 e. The lowest BCUT2D eigenvalue weighted by Crippen LogP contribution is -2.40. The number of carbonyl (C=O) groups is 3. The summed E-state index contributed by atoms with van der Waals surface area (Å²) in [6.45, 7) is 5.14. The normalized spacial score (nSPS) is 14.1. The van der Waals surface area contributed by atoms with Crippen LogP contribution in [-0.4, -0.2) is 43.5 Å². The van der Waals surface area contributed by atoms with Crippen LogP contribution in [0, 0.1) is 6.92 Å². The number of aryl methyl sites for hydroxylation is 1. The van der Waals surface area contributed by atoms with E-state index in [0.29, 0.717) is 11.3 Å². The van der Waals surface area contributed by atoms with Crippen molar-refractivity contribution in [3.8, 4) is 0 Å². The van der Waals surface area contributed by atoms with Gasteiger partial charge >= 0.3 is 5.97 Å². The highest BCUT2D eigenvalue weighted by Gasteiger charge is 2.19. The molecule has 1 fully saturated rings. The van der Waals surface area contributed by atoms with E-state index < -0.39 is 24.5 Å². The van der Waals surface area contributed by atoms with Gasteiger partial charge in [-0.3, -0.25) is 9.59 Å². The van der Waals surface area contributed by atoms with Crippen LogP contribution in [0.1, 0.15) is 35.7 Å². The van der Waals surface area contributed by atoms with Crippen molar-refractivity contribution in [1.29, 1.82) is 0 Å². The second-order valence-corrected chi connectivity index (χ2v) is 7.41. The number of nitrogens with zero attached hydrogens (tertiary/aromatic N) is 1. The van der Waals surface area contributed by atoms with Crippen molar-refractivity contribution in [2.24, 2.45) is 0 Å². The zero-order valence-electron chi connectivity index (χ0n) is 17.3. The summed E-state index contributed by atoms with van der Waals surface area (Å²) < 4.78 is 5.05. The Balaban J connectivity index is 1.46. The fraction of sp³-hybridized carbons (Fsp3) is 0.348. The van der Waals surface area contributed by atoms with Gasteiger partial charge in [0, 0.05) is 30.0 Å². The molecule has 1 heterocycles. The fourth-order valence-electron chi connectivity index (χ4n) is 3.34. The second kappa shape index (κ2) is 9.91. The summed E-state index contributed by atoms with van der Waals surface area (Å²) in [6, 6.07) is 13.6. The Labute approximate surface area is 176 Å². The molecule has 2 aromatic carbocycles. The topological polar surface area (TPSA) is 87.7 Å². The number of anilines is 2. The number of rotatable bonds is 7. The average molecular weight is 409 g/mol. The molecule has 1 aliphatic rings. The third kappa shape index (κ3) is 5.59. The van der Waals surface area contributed by atoms with Gasteiger partial charge < -0.3 is 20.3 Å². The van der Waals surface area contributed by atoms with E-state index in [2.05, 4.69) is 15.5 Å². The largest absolute Gasteiger partial charge is 0.454 e. The zero-order chi connectivity index (χ0) is 21.5. The first-order valence-electron chi connectivity index (χ1n) is 10.1. The Bertz CT molecular complexity index is 908. The first kappa shape index (κ1) is 21.4. The molecule has 0 aromatic heterocycles. The molecule has 2 N–H and O–H groups in total. The highest BCUT2D eigenvalue weighted by molar-refractivity contribution is 5.97. The third-order valence-electron chi connectivity index (χ3n) is 5.04. The van der Waals surface area contributed by atoms with Gasteiger partial charge in [-0.25, -0.2) is 4.79 Å². The highest BCUT2D eigenvalue weighted by Crippen LogP contribution is 2.25. The number of carbonyl (C=O) groups excluding carboxylic acids is 3. The van der Waals surface area contributed by atoms with Gasteiger partial charge in [0.1, 0.15) is 6.04 Å². The van der Waals surface area contributed by atoms with Crippen molar-refractivity contribution in [3.05, 3.63) is 59.7 Å². The number of hydrogen-bond donors (Lipinski definition) is 2. The van der Waals surface area contributed by atoms with E-state index in [4.69, 9.17) is 4.74 Å². The van der Waals surface area contributed by atoms with Crippen molar-refractivity contribution in [2.45, 2.75) is 32.7 Å². The molecule has 30 heavy (non-hydrogen) atoms. The van der Waals surface area contributed by atoms with Crippen molar-refractivity contribution in [1.82, 2.24) is 5.32 Å². The Hall–Kier alpha value is -3.35. The molecule has 0 spiro atoms. The van der Waals surface area contributed by atoms with Crippen molar-refractivity contribution < 1.29 is 19.1 Å². The lowest BCUT2D eigenvalue weighted by molar-refractivity contribution is -0.148. The molecule has 7 heteroatoms. The molecule has 158 valence electrons. The highest BCUT2D eigenvalue weighted by atomic mass is 16.5. The Morgan fingerprint density at radius 2 is 1.77 bits per heavy atom. The number of benzene rings is 2. The molecular formula is C23H27N3O4. The summed E-state index contributed by atoms with van der Waals surface area (Å²) in [5.41, 5.74) is 3.23. The van der Waals surface area contributed by atoms with Crippen molar-refractivity contribution in [3.63, 3.8) is 0 Å². The molecule has 1 saturated heterocycles. The molecule has 2 aromatic rings. The fourth-order valence-corrected chi connectivity index (χ4v) is 3.34. The first-order valence-corrected chi connectivity index (χ1v) is 10.1. The Kier molecular flexibility index (Phi) is 7.06. The standard InChI is InChI=1S/C23H27N3O4/c1-16-14-19(26-12-6-7-13-26)10-11-20(16)25-21(27)15-30-23(29)17(2)24-22(28)18-8-4-3-5-9-18/h3-5,8-11,14,17H,6-7,12-13,15H2,1-2H3,(H,24,28)(H,25,27)/t17-/m0/s1. The number of nitrogens with one attached hydrogen (secondary N) is 2. The maximum absolute atomic E-state index is 12.2. The van der Waals surface area contributed by atoms with E-state index in [1.807, 2.05) is 25.1 Å². The van der Waals surface area contributed by atoms with E-state index in [-0.39, 0.29) is 5.91 Å². The quantitative estimate of drug-likeness (QED) is 0.687. The van der Waals surface area contributed by atoms with Gasteiger partial charge in [0.05, 0.1) is 0 Å². The maximum Gasteiger partial charge on any atom is 0.328 e. The second-order valence-electron chi connectivity index (χ2n) is 7.41. The zero-order valence-corrected chi connectivity index (χ0v) is 17.3. The third-order valence-corrected chi connectivity index (χ3v) is 5.04. The van der Waals surface area contributed by atoms with Gasteiger partial charge in [0.25, 0.3) is 11.8 Å². The van der Waals surface area contributed by atoms with Crippen LogP contribution in [-0.2, 0) is 14.3 Å². The molecule has 0 radical (unpaired) electrons. The molecule has 0 bridgehead atoms. The summed E-state index contributed by atoms with van der Waals surface area (Å²) in [4.78, 5) is 38.7. The van der Waals surface area contributed by atoms with Gasteiger partial charge in [0.15, 0.2) is 6.61 Å². The smallest absolute Gasteiger partial charge is 0.328 e. The molecule has 1 aliphatic heterocycles. The molecule has 0 aliphatic carbocycles. The first-order chi connectivity index (χ1) is 14.4. The van der Waals surface area contributed by atoms with Crippen LogP contribution in [0.25, 0.3) is 0 Å². The van der Waals surface area contributed by atoms with Crippen molar-refractivity contribution in [2.75, 3.05) is 29.9 Å². The Morgan fingerprint density at radius 3 is 2.43 bits per heavy atom. The van der Waals surface area contributed by atoms with E-state index >= 15 is 0 Å². The predicted octanol–water partition coefficient (Wildman–Crippen LogP) is 2.90. The monoisotopic (exact) mass is 409 g/mol. The Morgan fingerprint density at radius 1 is 1.07 bits per heavy atom. The van der Waals surface area contributed by atoms with E-state index in [1.165, 1.54) is 19.8 Å². The van der Waals surface area contributed by atoms with Gasteiger partial charge in [-0.1, -0.05) is 18.2 Å². The van der Waals surface area contributed by atoms with Crippen LogP contribution in [0.4, 0.5) is 11.4 Å². The van der Waals surface area contributed by atoms with Crippen LogP contribution < -0.4 is 15.5 Å².